The second kappa shape index (κ2) is 14.9. The lowest BCUT2D eigenvalue weighted by Gasteiger charge is -2.25. The number of halogens is 1. The number of hydrogen-bond donors (Lipinski definition) is 0. The molecule has 230 valence electrons. The monoisotopic (exact) mass is 629 g/mol. The van der Waals surface area contributed by atoms with Crippen molar-refractivity contribution < 1.29 is 19.1 Å². The number of benzene rings is 5. The Morgan fingerprint density at radius 3 is 1.87 bits per heavy atom. The van der Waals surface area contributed by atoms with Gasteiger partial charge in [-0.25, -0.2) is 0 Å². The Morgan fingerprint density at radius 1 is 0.696 bits per heavy atom. The molecule has 0 heterocycles. The maximum Gasteiger partial charge on any atom is 0.262 e. The third-order valence-electron chi connectivity index (χ3n) is 7.21. The van der Waals surface area contributed by atoms with Crippen LogP contribution in [0.15, 0.2) is 121 Å². The topological polar surface area (TPSA) is 82.9 Å². The minimum Gasteiger partial charge on any atom is -0.488 e. The molecule has 7 nitrogen and oxygen atoms in total. The maximum atomic E-state index is 14.5. The fourth-order valence-electron chi connectivity index (χ4n) is 4.79. The minimum absolute atomic E-state index is 0.150. The number of nitrogens with zero attached hydrogens (tertiary/aromatic N) is 3. The number of hydrogen-bond acceptors (Lipinski definition) is 5. The van der Waals surface area contributed by atoms with Gasteiger partial charge >= 0.3 is 0 Å². The molecule has 8 heteroatoms. The largest absolute Gasteiger partial charge is 0.488 e. The average Bonchev–Trinajstić information content (AvgIpc) is 3.09. The Hall–Kier alpha value is -5.58. The molecule has 5 aromatic rings. The van der Waals surface area contributed by atoms with Gasteiger partial charge in [0.2, 0.25) is 0 Å². The van der Waals surface area contributed by atoms with E-state index < -0.39 is 0 Å². The summed E-state index contributed by atoms with van der Waals surface area (Å²) < 4.78 is 12.3. The Balaban J connectivity index is 1.54. The quantitative estimate of drug-likeness (QED) is 0.148. The molecule has 2 amide bonds. The van der Waals surface area contributed by atoms with Gasteiger partial charge in [-0.1, -0.05) is 84.4 Å². The van der Waals surface area contributed by atoms with E-state index in [0.717, 1.165) is 16.7 Å². The van der Waals surface area contributed by atoms with Gasteiger partial charge in [-0.3, -0.25) is 9.59 Å². The van der Waals surface area contributed by atoms with E-state index in [1.54, 1.807) is 73.6 Å². The molecule has 0 N–H and O–H groups in total. The Morgan fingerprint density at radius 2 is 1.28 bits per heavy atom. The molecule has 0 radical (unpaired) electrons. The van der Waals surface area contributed by atoms with Crippen LogP contribution in [-0.2, 0) is 19.8 Å². The molecular formula is C38H32ClN3O4. The molecule has 0 spiro atoms. The van der Waals surface area contributed by atoms with Crippen molar-refractivity contribution in [3.8, 4) is 17.6 Å². The second-order valence-electron chi connectivity index (χ2n) is 10.8. The first kappa shape index (κ1) is 31.8. The van der Waals surface area contributed by atoms with E-state index in [0.29, 0.717) is 28.3 Å². The van der Waals surface area contributed by atoms with E-state index in [-0.39, 0.29) is 42.2 Å². The lowest BCUT2D eigenvalue weighted by atomic mass is 10.1. The van der Waals surface area contributed by atoms with E-state index >= 15 is 0 Å². The van der Waals surface area contributed by atoms with Crippen LogP contribution in [0.1, 0.15) is 43.0 Å². The number of amides is 2. The summed E-state index contributed by atoms with van der Waals surface area (Å²) in [5.74, 6) is 0.149. The van der Waals surface area contributed by atoms with Gasteiger partial charge in [0.05, 0.1) is 28.8 Å². The highest BCUT2D eigenvalue weighted by Crippen LogP contribution is 2.36. The van der Waals surface area contributed by atoms with E-state index in [9.17, 15) is 14.9 Å². The van der Waals surface area contributed by atoms with Crippen LogP contribution >= 0.6 is 11.6 Å². The molecule has 0 aliphatic rings. The summed E-state index contributed by atoms with van der Waals surface area (Å²) in [6.45, 7) is 0.648. The van der Waals surface area contributed by atoms with Gasteiger partial charge in [-0.2, -0.15) is 5.26 Å². The number of carbonyl (C=O) groups is 2. The average molecular weight is 630 g/mol. The third-order valence-corrected chi connectivity index (χ3v) is 7.51. The van der Waals surface area contributed by atoms with Crippen molar-refractivity contribution in [3.05, 3.63) is 160 Å². The molecule has 0 aliphatic carbocycles. The summed E-state index contributed by atoms with van der Waals surface area (Å²) in [6, 6.07) is 38.6. The molecule has 46 heavy (non-hydrogen) atoms. The van der Waals surface area contributed by atoms with Crippen LogP contribution in [0.3, 0.4) is 0 Å². The van der Waals surface area contributed by atoms with Crippen LogP contribution in [0.2, 0.25) is 5.02 Å². The molecule has 0 atom stereocenters. The summed E-state index contributed by atoms with van der Waals surface area (Å²) >= 11 is 6.74. The number of ether oxygens (including phenoxy) is 2. The van der Waals surface area contributed by atoms with Gasteiger partial charge in [0, 0.05) is 31.4 Å². The molecule has 0 saturated heterocycles. The Bertz CT molecular complexity index is 1850. The summed E-state index contributed by atoms with van der Waals surface area (Å²) in [5.41, 5.74) is 4.40. The molecule has 0 bridgehead atoms. The molecule has 0 unspecified atom stereocenters. The first-order valence-corrected chi connectivity index (χ1v) is 15.0. The molecule has 5 rings (SSSR count). The van der Waals surface area contributed by atoms with Crippen molar-refractivity contribution in [2.75, 3.05) is 19.0 Å². The third kappa shape index (κ3) is 7.92. The zero-order valence-electron chi connectivity index (χ0n) is 25.5. The smallest absolute Gasteiger partial charge is 0.262 e. The van der Waals surface area contributed by atoms with Gasteiger partial charge in [0.1, 0.15) is 24.7 Å². The van der Waals surface area contributed by atoms with E-state index in [1.165, 1.54) is 4.90 Å². The van der Waals surface area contributed by atoms with Crippen LogP contribution in [-0.4, -0.2) is 30.8 Å². The van der Waals surface area contributed by atoms with E-state index in [2.05, 4.69) is 6.07 Å². The van der Waals surface area contributed by atoms with Crippen molar-refractivity contribution in [2.24, 2.45) is 0 Å². The highest BCUT2D eigenvalue weighted by molar-refractivity contribution is 6.32. The normalized spacial score (nSPS) is 10.5. The molecule has 0 aromatic heterocycles. The molecular weight excluding hydrogens is 598 g/mol. The van der Waals surface area contributed by atoms with E-state index in [4.69, 9.17) is 21.1 Å². The predicted octanol–water partition coefficient (Wildman–Crippen LogP) is 7.92. The summed E-state index contributed by atoms with van der Waals surface area (Å²) in [4.78, 5) is 30.1. The van der Waals surface area contributed by atoms with Crippen molar-refractivity contribution in [1.82, 2.24) is 4.90 Å². The fourth-order valence-corrected chi connectivity index (χ4v) is 5.01. The Kier molecular flexibility index (Phi) is 10.3. The maximum absolute atomic E-state index is 14.5. The highest BCUT2D eigenvalue weighted by Gasteiger charge is 2.25. The highest BCUT2D eigenvalue weighted by atomic mass is 35.5. The summed E-state index contributed by atoms with van der Waals surface area (Å²) in [6.07, 6.45) is 0. The lowest BCUT2D eigenvalue weighted by Crippen LogP contribution is -2.31. The number of anilines is 1. The van der Waals surface area contributed by atoms with Gasteiger partial charge < -0.3 is 19.3 Å². The predicted molar refractivity (Wildman–Crippen MR) is 179 cm³/mol. The van der Waals surface area contributed by atoms with Crippen LogP contribution in [0, 0.1) is 11.3 Å². The standard InChI is InChI=1S/C38H32ClN3O4/c1-41(2)37(43)31-16-18-32(19-17-31)42(24-30-15-9-14-29(20-30)23-40)38(44)33-21-34(39)36(46-26-28-12-7-4-8-13-28)22-35(33)45-25-27-10-5-3-6-11-27/h3-22H,24-26H2,1-2H3. The van der Waals surface area contributed by atoms with Crippen LogP contribution in [0.5, 0.6) is 11.5 Å². The van der Waals surface area contributed by atoms with Gasteiger partial charge in [-0.15, -0.1) is 0 Å². The van der Waals surface area contributed by atoms with Crippen molar-refractivity contribution in [1.29, 1.82) is 5.26 Å². The number of carbonyl (C=O) groups excluding carboxylic acids is 2. The second-order valence-corrected chi connectivity index (χ2v) is 11.2. The summed E-state index contributed by atoms with van der Waals surface area (Å²) in [5, 5.41) is 9.73. The first-order valence-electron chi connectivity index (χ1n) is 14.6. The van der Waals surface area contributed by atoms with Crippen molar-refractivity contribution in [3.63, 3.8) is 0 Å². The number of nitriles is 1. The number of rotatable bonds is 11. The minimum atomic E-state index is -0.381. The van der Waals surface area contributed by atoms with Crippen LogP contribution < -0.4 is 14.4 Å². The Labute approximate surface area is 273 Å². The van der Waals surface area contributed by atoms with E-state index in [1.807, 2.05) is 66.7 Å². The summed E-state index contributed by atoms with van der Waals surface area (Å²) in [7, 11) is 3.37. The molecule has 5 aromatic carbocycles. The zero-order chi connectivity index (χ0) is 32.5. The van der Waals surface area contributed by atoms with Crippen molar-refractivity contribution >= 4 is 29.1 Å². The van der Waals surface area contributed by atoms with Gasteiger partial charge in [0.15, 0.2) is 0 Å². The van der Waals surface area contributed by atoms with Crippen molar-refractivity contribution in [2.45, 2.75) is 19.8 Å². The lowest BCUT2D eigenvalue weighted by molar-refractivity contribution is 0.0827. The van der Waals surface area contributed by atoms with Crippen LogP contribution in [0.25, 0.3) is 0 Å². The SMILES string of the molecule is CN(C)C(=O)c1ccc(N(Cc2cccc(C#N)c2)C(=O)c2cc(Cl)c(OCc3ccccc3)cc2OCc2ccccc2)cc1. The molecule has 0 fully saturated rings. The zero-order valence-corrected chi connectivity index (χ0v) is 26.3. The first-order chi connectivity index (χ1) is 22.3. The van der Waals surface area contributed by atoms with Gasteiger partial charge in [-0.05, 0) is 59.2 Å². The molecule has 0 aliphatic heterocycles. The molecule has 0 saturated carbocycles. The fraction of sp³-hybridized carbons (Fsp3) is 0.132. The van der Waals surface area contributed by atoms with Gasteiger partial charge in [0.25, 0.3) is 11.8 Å². The van der Waals surface area contributed by atoms with Crippen LogP contribution in [0.4, 0.5) is 5.69 Å².